The zero-order valence-corrected chi connectivity index (χ0v) is 14.7. The van der Waals surface area contributed by atoms with Gasteiger partial charge in [-0.05, 0) is 62.2 Å². The second-order valence-electron chi connectivity index (χ2n) is 6.97. The number of likely N-dealkylation sites (tertiary alicyclic amines) is 1. The fraction of sp³-hybridized carbons (Fsp3) is 0.556. The molecule has 5 nitrogen and oxygen atoms in total. The van der Waals surface area contributed by atoms with Crippen LogP contribution in [0.2, 0.25) is 0 Å². The third kappa shape index (κ3) is 3.13. The highest BCUT2D eigenvalue weighted by molar-refractivity contribution is 7.21. The number of primary amides is 1. The first-order valence-electron chi connectivity index (χ1n) is 8.86. The molecule has 2 aromatic rings. The van der Waals surface area contributed by atoms with E-state index >= 15 is 0 Å². The standard InChI is InChI=1S/C18H24N4OS/c19-17(23)15-11-14-3-6-20-18(16(14)24-15)22-9-4-13(5-10-22)12-21-7-1-2-8-21/h3,6,11,13H,1-2,4-5,7-10,12H2,(H2,19,23). The highest BCUT2D eigenvalue weighted by Crippen LogP contribution is 2.34. The number of aromatic nitrogens is 1. The summed E-state index contributed by atoms with van der Waals surface area (Å²) in [6.07, 6.45) is 7.02. The number of piperidine rings is 1. The summed E-state index contributed by atoms with van der Waals surface area (Å²) in [5, 5.41) is 1.07. The molecule has 4 heterocycles. The molecule has 2 saturated heterocycles. The average Bonchev–Trinajstić information content (AvgIpc) is 3.24. The second kappa shape index (κ2) is 6.69. The molecule has 2 fully saturated rings. The Morgan fingerprint density at radius 3 is 2.71 bits per heavy atom. The minimum atomic E-state index is -0.355. The van der Waals surface area contributed by atoms with Gasteiger partial charge in [0.05, 0.1) is 9.58 Å². The normalized spacial score (nSPS) is 20.1. The zero-order valence-electron chi connectivity index (χ0n) is 13.9. The van der Waals surface area contributed by atoms with Crippen molar-refractivity contribution in [1.82, 2.24) is 9.88 Å². The maximum absolute atomic E-state index is 11.5. The molecule has 24 heavy (non-hydrogen) atoms. The molecule has 6 heteroatoms. The molecule has 2 aromatic heterocycles. The van der Waals surface area contributed by atoms with Gasteiger partial charge in [0.2, 0.25) is 0 Å². The topological polar surface area (TPSA) is 62.5 Å². The molecule has 0 atom stereocenters. The molecule has 4 rings (SSSR count). The molecule has 0 saturated carbocycles. The number of pyridine rings is 1. The number of nitrogens with two attached hydrogens (primary N) is 1. The van der Waals surface area contributed by atoms with Gasteiger partial charge >= 0.3 is 0 Å². The minimum absolute atomic E-state index is 0.355. The Bertz CT molecular complexity index is 730. The van der Waals surface area contributed by atoms with Gasteiger partial charge in [0.1, 0.15) is 5.82 Å². The first-order chi connectivity index (χ1) is 11.7. The molecule has 0 aliphatic carbocycles. The predicted molar refractivity (Wildman–Crippen MR) is 98.7 cm³/mol. The molecule has 0 radical (unpaired) electrons. The third-order valence-corrected chi connectivity index (χ3v) is 6.45. The number of carbonyl (C=O) groups excluding carboxylic acids is 1. The van der Waals surface area contributed by atoms with E-state index in [9.17, 15) is 4.79 Å². The van der Waals surface area contributed by atoms with Gasteiger partial charge in [0.25, 0.3) is 5.91 Å². The highest BCUT2D eigenvalue weighted by Gasteiger charge is 2.25. The van der Waals surface area contributed by atoms with Crippen LogP contribution in [0.1, 0.15) is 35.4 Å². The summed E-state index contributed by atoms with van der Waals surface area (Å²) in [5.41, 5.74) is 5.43. The summed E-state index contributed by atoms with van der Waals surface area (Å²) in [6, 6.07) is 3.84. The number of hydrogen-bond donors (Lipinski definition) is 1. The van der Waals surface area contributed by atoms with Crippen molar-refractivity contribution in [2.45, 2.75) is 25.7 Å². The number of fused-ring (bicyclic) bond motifs is 1. The Hall–Kier alpha value is -1.66. The molecule has 2 aliphatic heterocycles. The fourth-order valence-electron chi connectivity index (χ4n) is 3.95. The maximum Gasteiger partial charge on any atom is 0.258 e. The van der Waals surface area contributed by atoms with Crippen LogP contribution in [0.25, 0.3) is 10.1 Å². The van der Waals surface area contributed by atoms with Crippen LogP contribution in [0.3, 0.4) is 0 Å². The number of carbonyl (C=O) groups is 1. The average molecular weight is 344 g/mol. The molecule has 0 aromatic carbocycles. The van der Waals surface area contributed by atoms with Gasteiger partial charge in [0.15, 0.2) is 0 Å². The molecule has 0 bridgehead atoms. The third-order valence-electron chi connectivity index (χ3n) is 5.29. The predicted octanol–water partition coefficient (Wildman–Crippen LogP) is 2.71. The van der Waals surface area contributed by atoms with Crippen molar-refractivity contribution >= 4 is 33.1 Å². The van der Waals surface area contributed by atoms with Crippen LogP contribution in [0.5, 0.6) is 0 Å². The number of nitrogens with zero attached hydrogens (tertiary/aromatic N) is 3. The van der Waals surface area contributed by atoms with Crippen LogP contribution in [0.4, 0.5) is 5.82 Å². The Balaban J connectivity index is 1.47. The smallest absolute Gasteiger partial charge is 0.258 e. The monoisotopic (exact) mass is 344 g/mol. The summed E-state index contributed by atoms with van der Waals surface area (Å²) in [7, 11) is 0. The lowest BCUT2D eigenvalue weighted by molar-refractivity contribution is 0.100. The van der Waals surface area contributed by atoms with E-state index in [2.05, 4.69) is 14.8 Å². The van der Waals surface area contributed by atoms with E-state index in [1.54, 1.807) is 0 Å². The fourth-order valence-corrected chi connectivity index (χ4v) is 4.98. The van der Waals surface area contributed by atoms with Crippen molar-refractivity contribution in [2.75, 3.05) is 37.6 Å². The maximum atomic E-state index is 11.5. The second-order valence-corrected chi connectivity index (χ2v) is 8.02. The van der Waals surface area contributed by atoms with E-state index in [0.29, 0.717) is 4.88 Å². The van der Waals surface area contributed by atoms with Gasteiger partial charge in [-0.3, -0.25) is 4.79 Å². The minimum Gasteiger partial charge on any atom is -0.365 e. The van der Waals surface area contributed by atoms with Crippen molar-refractivity contribution in [2.24, 2.45) is 11.7 Å². The van der Waals surface area contributed by atoms with E-state index < -0.39 is 0 Å². The summed E-state index contributed by atoms with van der Waals surface area (Å²) in [6.45, 7) is 5.93. The molecule has 2 N–H and O–H groups in total. The Labute approximate surface area is 146 Å². The van der Waals surface area contributed by atoms with Crippen LogP contribution < -0.4 is 10.6 Å². The molecular formula is C18H24N4OS. The lowest BCUT2D eigenvalue weighted by Gasteiger charge is -2.34. The van der Waals surface area contributed by atoms with Crippen LogP contribution in [0.15, 0.2) is 18.3 Å². The zero-order chi connectivity index (χ0) is 16.5. The number of anilines is 1. The van der Waals surface area contributed by atoms with Crippen LogP contribution in [-0.2, 0) is 0 Å². The first kappa shape index (κ1) is 15.8. The number of rotatable bonds is 4. The van der Waals surface area contributed by atoms with Gasteiger partial charge in [0, 0.05) is 25.8 Å². The molecule has 0 spiro atoms. The summed E-state index contributed by atoms with van der Waals surface area (Å²) in [4.78, 5) is 21.7. The van der Waals surface area contributed by atoms with Gasteiger partial charge in [-0.15, -0.1) is 11.3 Å². The van der Waals surface area contributed by atoms with Crippen molar-refractivity contribution in [3.05, 3.63) is 23.2 Å². The Kier molecular flexibility index (Phi) is 4.41. The first-order valence-corrected chi connectivity index (χ1v) is 9.68. The Morgan fingerprint density at radius 1 is 1.25 bits per heavy atom. The van der Waals surface area contributed by atoms with E-state index in [-0.39, 0.29) is 5.91 Å². The van der Waals surface area contributed by atoms with Crippen LogP contribution in [-0.4, -0.2) is 48.5 Å². The summed E-state index contributed by atoms with van der Waals surface area (Å²) in [5.74, 6) is 1.47. The summed E-state index contributed by atoms with van der Waals surface area (Å²) < 4.78 is 1.09. The van der Waals surface area contributed by atoms with E-state index in [0.717, 1.165) is 34.9 Å². The van der Waals surface area contributed by atoms with Gasteiger partial charge in [-0.2, -0.15) is 0 Å². The quantitative estimate of drug-likeness (QED) is 0.926. The van der Waals surface area contributed by atoms with Gasteiger partial charge in [-0.1, -0.05) is 0 Å². The Morgan fingerprint density at radius 2 is 2.00 bits per heavy atom. The van der Waals surface area contributed by atoms with E-state index in [1.165, 1.54) is 56.7 Å². The van der Waals surface area contributed by atoms with Crippen molar-refractivity contribution < 1.29 is 4.79 Å². The molecule has 1 amide bonds. The van der Waals surface area contributed by atoms with Crippen molar-refractivity contribution in [3.8, 4) is 0 Å². The molecule has 0 unspecified atom stereocenters. The van der Waals surface area contributed by atoms with Crippen LogP contribution in [0, 0.1) is 5.92 Å². The van der Waals surface area contributed by atoms with Crippen molar-refractivity contribution in [3.63, 3.8) is 0 Å². The van der Waals surface area contributed by atoms with Crippen LogP contribution >= 0.6 is 11.3 Å². The van der Waals surface area contributed by atoms with Gasteiger partial charge < -0.3 is 15.5 Å². The lowest BCUT2D eigenvalue weighted by atomic mass is 9.96. The largest absolute Gasteiger partial charge is 0.365 e. The van der Waals surface area contributed by atoms with Crippen molar-refractivity contribution in [1.29, 1.82) is 0 Å². The molecule has 128 valence electrons. The number of thiophene rings is 1. The van der Waals surface area contributed by atoms with E-state index in [4.69, 9.17) is 5.73 Å². The van der Waals surface area contributed by atoms with E-state index in [1.807, 2.05) is 18.3 Å². The lowest BCUT2D eigenvalue weighted by Crippen LogP contribution is -2.38. The summed E-state index contributed by atoms with van der Waals surface area (Å²) >= 11 is 1.47. The van der Waals surface area contributed by atoms with Gasteiger partial charge in [-0.25, -0.2) is 4.98 Å². The number of hydrogen-bond acceptors (Lipinski definition) is 5. The highest BCUT2D eigenvalue weighted by atomic mass is 32.1. The number of amides is 1. The SMILES string of the molecule is NC(=O)c1cc2ccnc(N3CCC(CN4CCCC4)CC3)c2s1. The molecule has 2 aliphatic rings. The molecular weight excluding hydrogens is 320 g/mol.